The van der Waals surface area contributed by atoms with E-state index in [9.17, 15) is 41.0 Å². The number of hydrogen-bond acceptors (Lipinski definition) is 4. The first-order valence-corrected chi connectivity index (χ1v) is 12.7. The second kappa shape index (κ2) is 11.1. The maximum atomic E-state index is 13.8. The predicted molar refractivity (Wildman–Crippen MR) is 144 cm³/mol. The van der Waals surface area contributed by atoms with Crippen LogP contribution in [0.1, 0.15) is 37.4 Å². The van der Waals surface area contributed by atoms with Gasteiger partial charge >= 0.3 is 18.3 Å². The Morgan fingerprint density at radius 2 is 1.58 bits per heavy atom. The predicted octanol–water partition coefficient (Wildman–Crippen LogP) is 8.36. The van der Waals surface area contributed by atoms with E-state index in [2.05, 4.69) is 5.10 Å². The van der Waals surface area contributed by atoms with E-state index >= 15 is 0 Å². The molecule has 1 N–H and O–H groups in total. The Balaban J connectivity index is 1.74. The molecule has 0 radical (unpaired) electrons. The van der Waals surface area contributed by atoms with Crippen molar-refractivity contribution in [1.29, 1.82) is 0 Å². The summed E-state index contributed by atoms with van der Waals surface area (Å²) in [4.78, 5) is 25.3. The summed E-state index contributed by atoms with van der Waals surface area (Å²) >= 11 is 6.01. The van der Waals surface area contributed by atoms with Gasteiger partial charge in [0.05, 0.1) is 32.8 Å². The van der Waals surface area contributed by atoms with Gasteiger partial charge in [0.15, 0.2) is 0 Å². The zero-order valence-electron chi connectivity index (χ0n) is 21.5. The Bertz CT molecular complexity index is 1870. The van der Waals surface area contributed by atoms with Crippen LogP contribution >= 0.6 is 11.6 Å². The highest BCUT2D eigenvalue weighted by molar-refractivity contribution is 6.34. The van der Waals surface area contributed by atoms with Gasteiger partial charge in [-0.05, 0) is 54.1 Å². The van der Waals surface area contributed by atoms with Gasteiger partial charge in [-0.1, -0.05) is 48.0 Å². The second-order valence-corrected chi connectivity index (χ2v) is 9.65. The van der Waals surface area contributed by atoms with E-state index in [0.29, 0.717) is 22.4 Å². The topological polar surface area (TPSA) is 81.4 Å². The first-order chi connectivity index (χ1) is 20.3. The first kappa shape index (κ1) is 29.6. The number of alkyl halides is 6. The molecule has 0 aliphatic carbocycles. The van der Waals surface area contributed by atoms with Crippen LogP contribution < -0.4 is 4.74 Å². The Labute approximate surface area is 243 Å². The summed E-state index contributed by atoms with van der Waals surface area (Å²) in [5, 5.41) is 13.0. The van der Waals surface area contributed by atoms with Gasteiger partial charge < -0.3 is 9.84 Å². The van der Waals surface area contributed by atoms with Crippen LogP contribution in [0.15, 0.2) is 84.9 Å². The van der Waals surface area contributed by atoms with Crippen molar-refractivity contribution in [1.82, 2.24) is 9.78 Å². The molecule has 0 saturated heterocycles. The lowest BCUT2D eigenvalue weighted by Crippen LogP contribution is -2.20. The zero-order valence-corrected chi connectivity index (χ0v) is 22.3. The second-order valence-electron chi connectivity index (χ2n) is 9.25. The van der Waals surface area contributed by atoms with E-state index in [1.54, 1.807) is 30.3 Å². The molecule has 0 amide bonds. The molecule has 0 aliphatic rings. The van der Waals surface area contributed by atoms with Gasteiger partial charge in [-0.15, -0.1) is 0 Å². The molecule has 0 aliphatic heterocycles. The molecule has 0 fully saturated rings. The number of fused-ring (bicyclic) bond motifs is 1. The third-order valence-corrected chi connectivity index (χ3v) is 6.77. The van der Waals surface area contributed by atoms with E-state index in [4.69, 9.17) is 16.3 Å². The summed E-state index contributed by atoms with van der Waals surface area (Å²) in [6, 6.07) is 17.4. The third kappa shape index (κ3) is 5.91. The Hall–Kier alpha value is -4.84. The van der Waals surface area contributed by atoms with Gasteiger partial charge in [0.1, 0.15) is 18.1 Å². The number of benzene rings is 4. The van der Waals surface area contributed by atoms with E-state index in [0.717, 1.165) is 24.3 Å². The van der Waals surface area contributed by atoms with Crippen molar-refractivity contribution >= 4 is 34.4 Å². The van der Waals surface area contributed by atoms with Gasteiger partial charge in [0.2, 0.25) is 0 Å². The van der Waals surface area contributed by atoms with Crippen molar-refractivity contribution in [3.8, 4) is 17.0 Å². The van der Waals surface area contributed by atoms with Crippen LogP contribution in [0.5, 0.6) is 5.75 Å². The highest BCUT2D eigenvalue weighted by atomic mass is 35.5. The van der Waals surface area contributed by atoms with Gasteiger partial charge in [0, 0.05) is 10.9 Å². The molecule has 1 aromatic heterocycles. The number of carbonyl (C=O) groups excluding carboxylic acids is 1. The van der Waals surface area contributed by atoms with Crippen molar-refractivity contribution in [3.63, 3.8) is 0 Å². The van der Waals surface area contributed by atoms with Gasteiger partial charge in [-0.2, -0.15) is 36.1 Å². The molecule has 43 heavy (non-hydrogen) atoms. The average Bonchev–Trinajstić information content (AvgIpc) is 3.34. The van der Waals surface area contributed by atoms with Crippen LogP contribution in [0.4, 0.5) is 26.3 Å². The number of aromatic carboxylic acids is 1. The third-order valence-electron chi connectivity index (χ3n) is 6.45. The lowest BCUT2D eigenvalue weighted by Gasteiger charge is -2.14. The fraction of sp³-hybridized carbons (Fsp3) is 0.100. The summed E-state index contributed by atoms with van der Waals surface area (Å²) in [6.45, 7) is -0.0404. The minimum absolute atomic E-state index is 0.0404. The Morgan fingerprint density at radius 1 is 0.860 bits per heavy atom. The molecule has 4 aromatic carbocycles. The van der Waals surface area contributed by atoms with Gasteiger partial charge in [-0.25, -0.2) is 4.79 Å². The van der Waals surface area contributed by atoms with Crippen molar-refractivity contribution in [3.05, 3.63) is 118 Å². The Kier molecular flexibility index (Phi) is 7.65. The maximum absolute atomic E-state index is 13.8. The number of nitrogens with zero attached hydrogens (tertiary/aromatic N) is 2. The van der Waals surface area contributed by atoms with Gasteiger partial charge in [0.25, 0.3) is 5.91 Å². The van der Waals surface area contributed by atoms with E-state index in [-0.39, 0.29) is 34.6 Å². The maximum Gasteiger partial charge on any atom is 0.417 e. The number of halogens is 7. The van der Waals surface area contributed by atoms with Crippen LogP contribution in [0.2, 0.25) is 5.02 Å². The largest absolute Gasteiger partial charge is 0.488 e. The molecule has 5 aromatic rings. The quantitative estimate of drug-likeness (QED) is 0.193. The summed E-state index contributed by atoms with van der Waals surface area (Å²) in [7, 11) is 0. The summed E-state index contributed by atoms with van der Waals surface area (Å²) < 4.78 is 88.8. The number of carboxylic acid groups (broad SMARTS) is 1. The van der Waals surface area contributed by atoms with Crippen LogP contribution in [-0.4, -0.2) is 26.8 Å². The molecule has 0 saturated carbocycles. The number of rotatable bonds is 6. The molecule has 0 atom stereocenters. The van der Waals surface area contributed by atoms with E-state index in [1.165, 1.54) is 18.2 Å². The fourth-order valence-electron chi connectivity index (χ4n) is 4.43. The van der Waals surface area contributed by atoms with Crippen molar-refractivity contribution in [2.75, 3.05) is 0 Å². The lowest BCUT2D eigenvalue weighted by molar-refractivity contribution is -0.138. The molecular weight excluding hydrogens is 602 g/mol. The smallest absolute Gasteiger partial charge is 0.417 e. The highest BCUT2D eigenvalue weighted by Crippen LogP contribution is 2.40. The minimum Gasteiger partial charge on any atom is -0.488 e. The standard InChI is InChI=1S/C30H17ClF6N2O4/c31-22-8-4-7-21(30(35,36)37)25(22)27(40)39-23-14-18(29(32,33)34)10-12-19(23)26(38-39)20-11-9-17(28(41)42)13-24(20)43-15-16-5-2-1-3-6-16/h1-14H,15H2,(H,41,42). The normalized spacial score (nSPS) is 12.0. The van der Waals surface area contributed by atoms with Crippen molar-refractivity contribution < 1.29 is 45.8 Å². The monoisotopic (exact) mass is 618 g/mol. The summed E-state index contributed by atoms with van der Waals surface area (Å²) in [5.41, 5.74) is -3.60. The fourth-order valence-corrected chi connectivity index (χ4v) is 4.69. The number of carbonyl (C=O) groups is 2. The number of ether oxygens (including phenoxy) is 1. The lowest BCUT2D eigenvalue weighted by atomic mass is 10.0. The molecule has 6 nitrogen and oxygen atoms in total. The number of carboxylic acids is 1. The van der Waals surface area contributed by atoms with Crippen molar-refractivity contribution in [2.45, 2.75) is 19.0 Å². The minimum atomic E-state index is -5.02. The first-order valence-electron chi connectivity index (χ1n) is 12.3. The van der Waals surface area contributed by atoms with Crippen LogP contribution in [-0.2, 0) is 19.0 Å². The number of aromatic nitrogens is 2. The molecule has 220 valence electrons. The van der Waals surface area contributed by atoms with Crippen LogP contribution in [0, 0.1) is 0 Å². The van der Waals surface area contributed by atoms with E-state index < -0.39 is 51.5 Å². The average molecular weight is 619 g/mol. The van der Waals surface area contributed by atoms with E-state index in [1.807, 2.05) is 0 Å². The molecule has 0 spiro atoms. The highest BCUT2D eigenvalue weighted by Gasteiger charge is 2.38. The molecule has 13 heteroatoms. The molecule has 0 unspecified atom stereocenters. The van der Waals surface area contributed by atoms with Gasteiger partial charge in [-0.3, -0.25) is 4.79 Å². The molecular formula is C30H17ClF6N2O4. The van der Waals surface area contributed by atoms with Crippen molar-refractivity contribution in [2.24, 2.45) is 0 Å². The molecule has 5 rings (SSSR count). The number of hydrogen-bond donors (Lipinski definition) is 1. The Morgan fingerprint density at radius 3 is 2.23 bits per heavy atom. The summed E-state index contributed by atoms with van der Waals surface area (Å²) in [5.74, 6) is -2.77. The van der Waals surface area contributed by atoms with Crippen LogP contribution in [0.25, 0.3) is 22.2 Å². The molecule has 0 bridgehead atoms. The zero-order chi connectivity index (χ0) is 31.1. The summed E-state index contributed by atoms with van der Waals surface area (Å²) in [6.07, 6.45) is -9.88. The SMILES string of the molecule is O=C(O)c1ccc(-c2nn(C(=O)c3c(Cl)cccc3C(F)(F)F)c3cc(C(F)(F)F)ccc23)c(OCc2ccccc2)c1. The van der Waals surface area contributed by atoms with Crippen LogP contribution in [0.3, 0.4) is 0 Å². The molecule has 1 heterocycles.